The van der Waals surface area contributed by atoms with E-state index in [-0.39, 0.29) is 30.1 Å². The second kappa shape index (κ2) is 12.0. The van der Waals surface area contributed by atoms with Crippen molar-refractivity contribution < 1.29 is 5.11 Å². The van der Waals surface area contributed by atoms with Crippen LogP contribution in [-0.4, -0.2) is 53.8 Å². The molecule has 158 valence electrons. The quantitative estimate of drug-likeness (QED) is 0.319. The van der Waals surface area contributed by atoms with Gasteiger partial charge in [-0.05, 0) is 56.6 Å². The Labute approximate surface area is 187 Å². The van der Waals surface area contributed by atoms with Crippen LogP contribution in [0.2, 0.25) is 0 Å². The zero-order valence-electron chi connectivity index (χ0n) is 17.4. The lowest BCUT2D eigenvalue weighted by molar-refractivity contribution is 0.120. The Morgan fingerprint density at radius 1 is 1.18 bits per heavy atom. The van der Waals surface area contributed by atoms with Crippen LogP contribution < -0.4 is 10.6 Å². The zero-order chi connectivity index (χ0) is 19.1. The fourth-order valence-electron chi connectivity index (χ4n) is 4.26. The van der Waals surface area contributed by atoms with Crippen LogP contribution in [0.1, 0.15) is 57.1 Å². The standard InChI is InChI=1S/C22H36N4O.HI/c1-3-20(26-14-13-17-7-5-6-8-18(17)16-26)15-24-22(23-4-2)25-19-9-11-21(27)12-10-19;/h5-8,19-21,27H,3-4,9-16H2,1-2H3,(H2,23,24,25);1H. The van der Waals surface area contributed by atoms with Crippen LogP contribution in [-0.2, 0) is 13.0 Å². The molecule has 5 nitrogen and oxygen atoms in total. The highest BCUT2D eigenvalue weighted by Gasteiger charge is 2.23. The minimum Gasteiger partial charge on any atom is -0.393 e. The summed E-state index contributed by atoms with van der Waals surface area (Å²) in [4.78, 5) is 7.51. The average molecular weight is 500 g/mol. The van der Waals surface area contributed by atoms with Gasteiger partial charge in [-0.25, -0.2) is 0 Å². The molecule has 1 aliphatic carbocycles. The van der Waals surface area contributed by atoms with Crippen LogP contribution in [0.3, 0.4) is 0 Å². The van der Waals surface area contributed by atoms with Gasteiger partial charge in [0.2, 0.25) is 0 Å². The molecule has 1 unspecified atom stereocenters. The van der Waals surface area contributed by atoms with Crippen molar-refractivity contribution in [1.29, 1.82) is 0 Å². The monoisotopic (exact) mass is 500 g/mol. The Kier molecular flexibility index (Phi) is 10.0. The third-order valence-corrected chi connectivity index (χ3v) is 5.99. The highest BCUT2D eigenvalue weighted by molar-refractivity contribution is 14.0. The number of hydrogen-bond donors (Lipinski definition) is 3. The van der Waals surface area contributed by atoms with E-state index in [1.54, 1.807) is 0 Å². The maximum Gasteiger partial charge on any atom is 0.191 e. The van der Waals surface area contributed by atoms with E-state index >= 15 is 0 Å². The van der Waals surface area contributed by atoms with Gasteiger partial charge in [-0.1, -0.05) is 31.2 Å². The molecule has 3 N–H and O–H groups in total. The molecule has 3 rings (SSSR count). The predicted octanol–water partition coefficient (Wildman–Crippen LogP) is 3.30. The number of hydrogen-bond acceptors (Lipinski definition) is 3. The lowest BCUT2D eigenvalue weighted by Gasteiger charge is -2.34. The second-order valence-corrected chi connectivity index (χ2v) is 7.92. The van der Waals surface area contributed by atoms with Gasteiger partial charge in [0.15, 0.2) is 5.96 Å². The zero-order valence-corrected chi connectivity index (χ0v) is 19.7. The summed E-state index contributed by atoms with van der Waals surface area (Å²) < 4.78 is 0. The second-order valence-electron chi connectivity index (χ2n) is 7.92. The first-order valence-corrected chi connectivity index (χ1v) is 10.7. The van der Waals surface area contributed by atoms with Crippen molar-refractivity contribution in [3.63, 3.8) is 0 Å². The van der Waals surface area contributed by atoms with Gasteiger partial charge in [0.05, 0.1) is 12.6 Å². The van der Waals surface area contributed by atoms with E-state index in [1.807, 2.05) is 0 Å². The fourth-order valence-corrected chi connectivity index (χ4v) is 4.26. The van der Waals surface area contributed by atoms with Gasteiger partial charge in [-0.3, -0.25) is 9.89 Å². The van der Waals surface area contributed by atoms with E-state index in [0.717, 1.165) is 70.7 Å². The van der Waals surface area contributed by atoms with Crippen LogP contribution in [0, 0.1) is 0 Å². The summed E-state index contributed by atoms with van der Waals surface area (Å²) in [6.45, 7) is 8.23. The number of nitrogens with one attached hydrogen (secondary N) is 2. The SMILES string of the molecule is CCNC(=NCC(CC)N1CCc2ccccc2C1)NC1CCC(O)CC1.I. The highest BCUT2D eigenvalue weighted by Crippen LogP contribution is 2.22. The first-order chi connectivity index (χ1) is 13.2. The van der Waals surface area contributed by atoms with Crippen molar-refractivity contribution in [2.45, 2.75) is 77.1 Å². The molecule has 0 aromatic heterocycles. The molecule has 0 saturated heterocycles. The molecule has 1 saturated carbocycles. The van der Waals surface area contributed by atoms with Gasteiger partial charge in [0.1, 0.15) is 0 Å². The predicted molar refractivity (Wildman–Crippen MR) is 127 cm³/mol. The minimum absolute atomic E-state index is 0. The molecule has 1 atom stereocenters. The highest BCUT2D eigenvalue weighted by atomic mass is 127. The lowest BCUT2D eigenvalue weighted by Crippen LogP contribution is -2.46. The molecular formula is C22H37IN4O. The van der Waals surface area contributed by atoms with Gasteiger partial charge in [-0.2, -0.15) is 0 Å². The first-order valence-electron chi connectivity index (χ1n) is 10.7. The smallest absolute Gasteiger partial charge is 0.191 e. The summed E-state index contributed by atoms with van der Waals surface area (Å²) in [5.41, 5.74) is 2.97. The van der Waals surface area contributed by atoms with E-state index in [9.17, 15) is 5.11 Å². The Morgan fingerprint density at radius 3 is 2.57 bits per heavy atom. The van der Waals surface area contributed by atoms with Crippen LogP contribution in [0.25, 0.3) is 0 Å². The Hall–Kier alpha value is -0.860. The summed E-state index contributed by atoms with van der Waals surface area (Å²) in [6, 6.07) is 9.72. The van der Waals surface area contributed by atoms with E-state index in [2.05, 4.69) is 53.6 Å². The number of nitrogens with zero attached hydrogens (tertiary/aromatic N) is 2. The van der Waals surface area contributed by atoms with Crippen molar-refractivity contribution in [3.8, 4) is 0 Å². The van der Waals surface area contributed by atoms with Gasteiger partial charge >= 0.3 is 0 Å². The van der Waals surface area contributed by atoms with Gasteiger partial charge in [0, 0.05) is 31.7 Å². The summed E-state index contributed by atoms with van der Waals surface area (Å²) in [5.74, 6) is 0.926. The molecule has 6 heteroatoms. The largest absolute Gasteiger partial charge is 0.393 e. The topological polar surface area (TPSA) is 59.9 Å². The van der Waals surface area contributed by atoms with Crippen molar-refractivity contribution >= 4 is 29.9 Å². The minimum atomic E-state index is -0.117. The van der Waals surface area contributed by atoms with E-state index < -0.39 is 0 Å². The number of fused-ring (bicyclic) bond motifs is 1. The molecule has 1 aromatic rings. The van der Waals surface area contributed by atoms with E-state index in [1.165, 1.54) is 11.1 Å². The first kappa shape index (κ1) is 23.4. The van der Waals surface area contributed by atoms with Gasteiger partial charge < -0.3 is 15.7 Å². The van der Waals surface area contributed by atoms with Crippen LogP contribution in [0.4, 0.5) is 0 Å². The van der Waals surface area contributed by atoms with Crippen molar-refractivity contribution in [1.82, 2.24) is 15.5 Å². The Balaban J connectivity index is 0.00000280. The van der Waals surface area contributed by atoms with E-state index in [0.29, 0.717) is 12.1 Å². The Morgan fingerprint density at radius 2 is 1.89 bits per heavy atom. The maximum atomic E-state index is 9.71. The fraction of sp³-hybridized carbons (Fsp3) is 0.682. The van der Waals surface area contributed by atoms with Gasteiger partial charge in [-0.15, -0.1) is 24.0 Å². The summed E-state index contributed by atoms with van der Waals surface area (Å²) in [5, 5.41) is 16.7. The molecule has 0 amide bonds. The third kappa shape index (κ3) is 6.59. The summed E-state index contributed by atoms with van der Waals surface area (Å²) in [7, 11) is 0. The normalized spacial score (nSPS) is 24.0. The van der Waals surface area contributed by atoms with Crippen molar-refractivity contribution in [3.05, 3.63) is 35.4 Å². The van der Waals surface area contributed by atoms with Gasteiger partial charge in [0.25, 0.3) is 0 Å². The molecule has 0 bridgehead atoms. The van der Waals surface area contributed by atoms with Crippen LogP contribution in [0.5, 0.6) is 0 Å². The van der Waals surface area contributed by atoms with Crippen molar-refractivity contribution in [2.75, 3.05) is 19.6 Å². The number of aliphatic hydroxyl groups excluding tert-OH is 1. The molecule has 0 spiro atoms. The van der Waals surface area contributed by atoms with Crippen molar-refractivity contribution in [2.24, 2.45) is 4.99 Å². The number of rotatable bonds is 6. The average Bonchev–Trinajstić information content (AvgIpc) is 2.70. The number of halogens is 1. The number of guanidine groups is 1. The molecule has 28 heavy (non-hydrogen) atoms. The third-order valence-electron chi connectivity index (χ3n) is 5.99. The molecule has 1 heterocycles. The Bertz CT molecular complexity index is 616. The molecule has 2 aliphatic rings. The van der Waals surface area contributed by atoms with Crippen LogP contribution in [0.15, 0.2) is 29.3 Å². The molecular weight excluding hydrogens is 463 g/mol. The molecule has 1 fully saturated rings. The maximum absolute atomic E-state index is 9.71. The summed E-state index contributed by atoms with van der Waals surface area (Å²) >= 11 is 0. The number of aliphatic hydroxyl groups is 1. The molecule has 0 radical (unpaired) electrons. The lowest BCUT2D eigenvalue weighted by atomic mass is 9.93. The van der Waals surface area contributed by atoms with E-state index in [4.69, 9.17) is 4.99 Å². The molecule has 1 aliphatic heterocycles. The summed E-state index contributed by atoms with van der Waals surface area (Å²) in [6.07, 6.45) is 5.95. The molecule has 1 aromatic carbocycles. The number of aliphatic imine (C=N–C) groups is 1. The van der Waals surface area contributed by atoms with Crippen LogP contribution >= 0.6 is 24.0 Å². The number of benzene rings is 1.